The maximum Gasteiger partial charge on any atom is 0.414 e. The molecule has 2 aliphatic heterocycles. The molecule has 12 heteroatoms. The molecule has 0 saturated carbocycles. The fourth-order valence-electron chi connectivity index (χ4n) is 4.87. The number of benzene rings is 2. The summed E-state index contributed by atoms with van der Waals surface area (Å²) in [6.45, 7) is 5.51. The van der Waals surface area contributed by atoms with E-state index in [0.717, 1.165) is 12.1 Å². The topological polar surface area (TPSA) is 97.7 Å². The Balaban J connectivity index is 1.51. The van der Waals surface area contributed by atoms with Gasteiger partial charge in [0.05, 0.1) is 36.2 Å². The lowest BCUT2D eigenvalue weighted by Crippen LogP contribution is -2.61. The molecule has 0 spiro atoms. The van der Waals surface area contributed by atoms with E-state index < -0.39 is 46.4 Å². The van der Waals surface area contributed by atoms with Crippen LogP contribution < -0.4 is 20.4 Å². The van der Waals surface area contributed by atoms with Crippen LogP contribution in [0.2, 0.25) is 0 Å². The molecule has 202 valence electrons. The van der Waals surface area contributed by atoms with Crippen molar-refractivity contribution in [3.63, 3.8) is 0 Å². The number of cyclic esters (lactones) is 1. The van der Waals surface area contributed by atoms with Crippen LogP contribution in [0.15, 0.2) is 30.3 Å². The number of piperidine rings is 1. The van der Waals surface area contributed by atoms with Crippen molar-refractivity contribution in [3.05, 3.63) is 53.6 Å². The van der Waals surface area contributed by atoms with Gasteiger partial charge in [-0.15, -0.1) is 0 Å². The summed E-state index contributed by atoms with van der Waals surface area (Å²) in [6.07, 6.45) is -1.09. The number of ether oxygens (including phenoxy) is 1. The first kappa shape index (κ1) is 27.0. The molecule has 2 fully saturated rings. The first-order chi connectivity index (χ1) is 17.9. The largest absolute Gasteiger partial charge is 0.442 e. The normalized spacial score (nSPS) is 22.6. The van der Waals surface area contributed by atoms with Crippen LogP contribution in [0.1, 0.15) is 27.2 Å². The molecule has 2 aromatic carbocycles. The summed E-state index contributed by atoms with van der Waals surface area (Å²) in [4.78, 5) is 26.4. The number of carbonyl (C=O) groups is 2. The van der Waals surface area contributed by atoms with Crippen LogP contribution in [0.4, 0.5) is 39.4 Å². The van der Waals surface area contributed by atoms with Gasteiger partial charge in [0.15, 0.2) is 17.5 Å². The average molecular weight is 534 g/mol. The number of nitrogens with zero attached hydrogens (tertiary/aromatic N) is 3. The molecular formula is C26H27F4N5O3. The molecule has 8 nitrogen and oxygen atoms in total. The molecule has 2 atom stereocenters. The van der Waals surface area contributed by atoms with Gasteiger partial charge in [-0.05, 0) is 30.3 Å². The third kappa shape index (κ3) is 4.92. The Bertz CT molecular complexity index is 1310. The van der Waals surface area contributed by atoms with Gasteiger partial charge in [-0.2, -0.15) is 5.26 Å². The van der Waals surface area contributed by atoms with Crippen molar-refractivity contribution in [1.29, 1.82) is 5.26 Å². The Morgan fingerprint density at radius 2 is 1.89 bits per heavy atom. The van der Waals surface area contributed by atoms with Crippen LogP contribution in [0, 0.1) is 40.0 Å². The molecule has 0 bridgehead atoms. The Morgan fingerprint density at radius 1 is 1.16 bits per heavy atom. The van der Waals surface area contributed by atoms with Gasteiger partial charge in [0.25, 0.3) is 0 Å². The molecule has 2 heterocycles. The quantitative estimate of drug-likeness (QED) is 0.424. The molecule has 0 aliphatic carbocycles. The average Bonchev–Trinajstić information content (AvgIpc) is 3.24. The molecule has 0 aromatic heterocycles. The van der Waals surface area contributed by atoms with Crippen LogP contribution in [0.3, 0.4) is 0 Å². The van der Waals surface area contributed by atoms with Crippen molar-refractivity contribution < 1.29 is 31.9 Å². The van der Waals surface area contributed by atoms with Crippen LogP contribution in [0.5, 0.6) is 0 Å². The van der Waals surface area contributed by atoms with Crippen LogP contribution in [-0.2, 0) is 9.53 Å². The van der Waals surface area contributed by atoms with E-state index in [0.29, 0.717) is 5.69 Å². The Hall–Kier alpha value is -4.01. The second-order valence-corrected chi connectivity index (χ2v) is 10.1. The van der Waals surface area contributed by atoms with Crippen LogP contribution in [-0.4, -0.2) is 49.8 Å². The number of nitriles is 1. The second-order valence-electron chi connectivity index (χ2n) is 10.1. The summed E-state index contributed by atoms with van der Waals surface area (Å²) in [5.74, 6) is -5.24. The summed E-state index contributed by atoms with van der Waals surface area (Å²) in [6, 6.07) is 8.31. The minimum atomic E-state index is -1.64. The molecule has 1 unspecified atom stereocenters. The summed E-state index contributed by atoms with van der Waals surface area (Å²) >= 11 is 0. The summed E-state index contributed by atoms with van der Waals surface area (Å²) in [5, 5.41) is 15.4. The van der Waals surface area contributed by atoms with E-state index >= 15 is 4.39 Å². The summed E-state index contributed by atoms with van der Waals surface area (Å²) in [5.41, 5.74) is -2.04. The highest BCUT2D eigenvalue weighted by molar-refractivity contribution is 5.90. The van der Waals surface area contributed by atoms with Gasteiger partial charge in [0.1, 0.15) is 17.5 Å². The third-order valence-corrected chi connectivity index (χ3v) is 7.11. The zero-order chi connectivity index (χ0) is 27.8. The Kier molecular flexibility index (Phi) is 7.14. The monoisotopic (exact) mass is 533 g/mol. The summed E-state index contributed by atoms with van der Waals surface area (Å²) in [7, 11) is 0. The maximum absolute atomic E-state index is 15.3. The number of hydrogen-bond acceptors (Lipinski definition) is 6. The van der Waals surface area contributed by atoms with Gasteiger partial charge in [-0.1, -0.05) is 13.8 Å². The zero-order valence-corrected chi connectivity index (χ0v) is 21.1. The second kappa shape index (κ2) is 10.0. The number of rotatable bonds is 6. The van der Waals surface area contributed by atoms with Gasteiger partial charge in [-0.3, -0.25) is 9.69 Å². The molecule has 2 aromatic rings. The third-order valence-electron chi connectivity index (χ3n) is 7.11. The van der Waals surface area contributed by atoms with Gasteiger partial charge in [0.2, 0.25) is 5.91 Å². The van der Waals surface area contributed by atoms with Crippen molar-refractivity contribution in [3.8, 4) is 6.07 Å². The Labute approximate surface area is 217 Å². The lowest BCUT2D eigenvalue weighted by molar-refractivity contribution is -0.119. The zero-order valence-electron chi connectivity index (χ0n) is 21.1. The molecule has 2 amide bonds. The van der Waals surface area contributed by atoms with Crippen molar-refractivity contribution >= 4 is 29.1 Å². The van der Waals surface area contributed by atoms with Crippen molar-refractivity contribution in [2.75, 3.05) is 41.3 Å². The van der Waals surface area contributed by atoms with Gasteiger partial charge in [0, 0.05) is 31.8 Å². The fourth-order valence-corrected chi connectivity index (χ4v) is 4.87. The highest BCUT2D eigenvalue weighted by Crippen LogP contribution is 2.43. The molecule has 2 saturated heterocycles. The van der Waals surface area contributed by atoms with E-state index in [1.807, 2.05) is 0 Å². The van der Waals surface area contributed by atoms with Crippen LogP contribution in [0.25, 0.3) is 0 Å². The molecule has 38 heavy (non-hydrogen) atoms. The minimum absolute atomic E-state index is 0.124. The molecule has 0 radical (unpaired) electrons. The lowest BCUT2D eigenvalue weighted by Gasteiger charge is -2.50. The van der Waals surface area contributed by atoms with Crippen molar-refractivity contribution in [2.24, 2.45) is 5.41 Å². The first-order valence-corrected chi connectivity index (χ1v) is 12.0. The number of carbonyl (C=O) groups excluding carboxylic acids is 2. The van der Waals surface area contributed by atoms with Gasteiger partial charge < -0.3 is 20.3 Å². The predicted molar refractivity (Wildman–Crippen MR) is 132 cm³/mol. The number of anilines is 3. The highest BCUT2D eigenvalue weighted by atomic mass is 19.2. The van der Waals surface area contributed by atoms with Crippen molar-refractivity contribution in [1.82, 2.24) is 5.32 Å². The number of halogens is 4. The molecular weight excluding hydrogens is 506 g/mol. The predicted octanol–water partition coefficient (Wildman–Crippen LogP) is 4.32. The number of hydrogen-bond donors (Lipinski definition) is 2. The molecule has 4 rings (SSSR count). The first-order valence-electron chi connectivity index (χ1n) is 12.0. The molecule has 2 aliphatic rings. The standard InChI is InChI=1S/C26H27F4N5O3/c1-15(36)32-11-17-12-35(24(37)38-17)16-4-7-21(19(28)10-16)34-9-8-26(13-31,25(2,3)14-34)33-20-6-5-18(27)22(29)23(20)30/h4-7,10,17,33H,8-9,11-12,14H2,1-3H3,(H,32,36)/t17-,26?/m0/s1. The van der Waals surface area contributed by atoms with E-state index in [1.54, 1.807) is 24.8 Å². The van der Waals surface area contributed by atoms with Gasteiger partial charge >= 0.3 is 6.09 Å². The number of nitrogens with one attached hydrogen (secondary N) is 2. The smallest absolute Gasteiger partial charge is 0.414 e. The molecule has 2 N–H and O–H groups in total. The van der Waals surface area contributed by atoms with Gasteiger partial charge in [-0.25, -0.2) is 22.4 Å². The fraction of sp³-hybridized carbons (Fsp3) is 0.423. The van der Waals surface area contributed by atoms with E-state index in [4.69, 9.17) is 4.74 Å². The summed E-state index contributed by atoms with van der Waals surface area (Å²) < 4.78 is 62.0. The minimum Gasteiger partial charge on any atom is -0.442 e. The van der Waals surface area contributed by atoms with E-state index in [-0.39, 0.29) is 49.9 Å². The highest BCUT2D eigenvalue weighted by Gasteiger charge is 2.50. The van der Waals surface area contributed by atoms with Crippen LogP contribution >= 0.6 is 0 Å². The maximum atomic E-state index is 15.3. The lowest BCUT2D eigenvalue weighted by atomic mass is 9.68. The van der Waals surface area contributed by atoms with E-state index in [9.17, 15) is 28.0 Å². The van der Waals surface area contributed by atoms with Crippen molar-refractivity contribution in [2.45, 2.75) is 38.8 Å². The Morgan fingerprint density at radius 3 is 2.53 bits per heavy atom. The number of amides is 2. The SMILES string of the molecule is CC(=O)NC[C@H]1CN(c2ccc(N3CCC(C#N)(Nc4ccc(F)c(F)c4F)C(C)(C)C3)c(F)c2)C(=O)O1. The van der Waals surface area contributed by atoms with E-state index in [2.05, 4.69) is 16.7 Å². The van der Waals surface area contributed by atoms with E-state index in [1.165, 1.54) is 24.0 Å².